The zero-order valence-corrected chi connectivity index (χ0v) is 15.7. The summed E-state index contributed by atoms with van der Waals surface area (Å²) < 4.78 is 0.202. The first kappa shape index (κ1) is 15.4. The molecule has 0 fully saturated rings. The van der Waals surface area contributed by atoms with Crippen LogP contribution in [0.1, 0.15) is 5.82 Å². The summed E-state index contributed by atoms with van der Waals surface area (Å²) in [6, 6.07) is 7.72. The monoisotopic (exact) mass is 477 g/mol. The molecular formula is C14H7Cl3IN5. The Morgan fingerprint density at radius 1 is 1.13 bits per heavy atom. The summed E-state index contributed by atoms with van der Waals surface area (Å²) >= 11 is 19.9. The normalized spacial score (nSPS) is 12.3. The minimum absolute atomic E-state index is 0.295. The fourth-order valence-corrected chi connectivity index (χ4v) is 3.32. The van der Waals surface area contributed by atoms with Gasteiger partial charge in [0, 0.05) is 23.3 Å². The van der Waals surface area contributed by atoms with Crippen LogP contribution < -0.4 is 0 Å². The van der Waals surface area contributed by atoms with Gasteiger partial charge in [0.15, 0.2) is 5.82 Å². The van der Waals surface area contributed by atoms with Crippen molar-refractivity contribution in [2.24, 2.45) is 0 Å². The Balaban J connectivity index is 2.01. The predicted molar refractivity (Wildman–Crippen MR) is 101 cm³/mol. The van der Waals surface area contributed by atoms with Gasteiger partial charge >= 0.3 is 0 Å². The van der Waals surface area contributed by atoms with Crippen LogP contribution in [0.3, 0.4) is 0 Å². The van der Waals surface area contributed by atoms with Crippen LogP contribution in [0.4, 0.5) is 0 Å². The van der Waals surface area contributed by atoms with Crippen molar-refractivity contribution >= 4 is 79.6 Å². The molecule has 5 nitrogen and oxygen atoms in total. The van der Waals surface area contributed by atoms with Crippen molar-refractivity contribution in [3.8, 4) is 11.3 Å². The Hall–Kier alpha value is -1.09. The van der Waals surface area contributed by atoms with Crippen molar-refractivity contribution in [1.82, 2.24) is 22.9 Å². The Morgan fingerprint density at radius 3 is 2.57 bits per heavy atom. The lowest BCUT2D eigenvalue weighted by molar-refractivity contribution is 1.05. The van der Waals surface area contributed by atoms with Gasteiger partial charge in [0.2, 0.25) is 3.79 Å². The van der Waals surface area contributed by atoms with E-state index in [0.717, 1.165) is 33.2 Å². The summed E-state index contributed by atoms with van der Waals surface area (Å²) in [6.07, 6.45) is 3.48. The number of fused-ring (bicyclic) bond motifs is 2. The quantitative estimate of drug-likeness (QED) is 0.310. The standard InChI is InChI=1S/C14H7Cl3IN5/c15-14(16,17)13-20-9-5-8-11(6-10(9)21-13)23(18)22-12(8)7-1-3-19-4-2-7/h1-6H,(H,20,21). The van der Waals surface area contributed by atoms with Crippen LogP contribution in [0.15, 0.2) is 36.7 Å². The van der Waals surface area contributed by atoms with E-state index in [1.807, 2.05) is 24.3 Å². The van der Waals surface area contributed by atoms with E-state index in [0.29, 0.717) is 5.82 Å². The molecule has 116 valence electrons. The number of pyridine rings is 1. The molecule has 3 aromatic heterocycles. The van der Waals surface area contributed by atoms with Crippen LogP contribution >= 0.6 is 57.7 Å². The highest BCUT2D eigenvalue weighted by atomic mass is 127. The van der Waals surface area contributed by atoms with Crippen molar-refractivity contribution in [3.63, 3.8) is 0 Å². The number of H-pyrrole nitrogens is 1. The Morgan fingerprint density at radius 2 is 1.87 bits per heavy atom. The topological polar surface area (TPSA) is 59.4 Å². The van der Waals surface area contributed by atoms with Crippen LogP contribution in [-0.4, -0.2) is 22.9 Å². The number of aromatic amines is 1. The van der Waals surface area contributed by atoms with Gasteiger partial charge in [-0.05, 0) is 24.3 Å². The number of hydrogen-bond donors (Lipinski definition) is 1. The van der Waals surface area contributed by atoms with Crippen LogP contribution in [0.2, 0.25) is 0 Å². The van der Waals surface area contributed by atoms with E-state index in [-0.39, 0.29) is 0 Å². The lowest BCUT2D eigenvalue weighted by atomic mass is 10.1. The number of benzene rings is 1. The fraction of sp³-hybridized carbons (Fsp3) is 0.0714. The van der Waals surface area contributed by atoms with E-state index in [9.17, 15) is 0 Å². The molecule has 1 N–H and O–H groups in total. The molecule has 9 heteroatoms. The summed E-state index contributed by atoms with van der Waals surface area (Å²) in [5.74, 6) is 0.295. The number of rotatable bonds is 1. The first-order chi connectivity index (χ1) is 10.9. The van der Waals surface area contributed by atoms with Gasteiger partial charge in [-0.25, -0.2) is 7.88 Å². The Labute approximate surface area is 159 Å². The summed E-state index contributed by atoms with van der Waals surface area (Å²) in [5, 5.41) is 5.56. The van der Waals surface area contributed by atoms with E-state index in [1.165, 1.54) is 0 Å². The molecule has 3 heterocycles. The molecule has 0 saturated carbocycles. The van der Waals surface area contributed by atoms with Crippen molar-refractivity contribution in [3.05, 3.63) is 42.5 Å². The van der Waals surface area contributed by atoms with Crippen molar-refractivity contribution in [1.29, 1.82) is 0 Å². The zero-order valence-electron chi connectivity index (χ0n) is 11.3. The number of halogens is 4. The Kier molecular flexibility index (Phi) is 3.67. The Bertz CT molecular complexity index is 1020. The maximum Gasteiger partial charge on any atom is 0.248 e. The van der Waals surface area contributed by atoms with Gasteiger partial charge in [0.25, 0.3) is 0 Å². The second-order valence-corrected chi connectivity index (χ2v) is 8.11. The summed E-state index contributed by atoms with van der Waals surface area (Å²) in [6.45, 7) is 0. The first-order valence-corrected chi connectivity index (χ1v) is 8.59. The molecule has 0 aliphatic rings. The third kappa shape index (κ3) is 2.67. The highest BCUT2D eigenvalue weighted by Crippen LogP contribution is 2.38. The molecule has 0 aliphatic heterocycles. The summed E-state index contributed by atoms with van der Waals surface area (Å²) in [7, 11) is 0. The van der Waals surface area contributed by atoms with Gasteiger partial charge in [0.1, 0.15) is 5.69 Å². The van der Waals surface area contributed by atoms with Crippen LogP contribution in [0.5, 0.6) is 0 Å². The minimum Gasteiger partial charge on any atom is -0.338 e. The van der Waals surface area contributed by atoms with Crippen molar-refractivity contribution in [2.75, 3.05) is 0 Å². The molecule has 4 rings (SSSR count). The molecule has 0 aliphatic carbocycles. The maximum atomic E-state index is 5.91. The minimum atomic E-state index is -1.59. The average Bonchev–Trinajstić information content (AvgIpc) is 3.07. The van der Waals surface area contributed by atoms with E-state index < -0.39 is 3.79 Å². The van der Waals surface area contributed by atoms with Gasteiger partial charge < -0.3 is 4.98 Å². The molecule has 0 atom stereocenters. The molecule has 1 aromatic carbocycles. The molecule has 0 unspecified atom stereocenters. The van der Waals surface area contributed by atoms with Gasteiger partial charge in [-0.3, -0.25) is 4.98 Å². The molecule has 0 saturated heterocycles. The molecule has 23 heavy (non-hydrogen) atoms. The molecule has 0 spiro atoms. The lowest BCUT2D eigenvalue weighted by Gasteiger charge is -2.04. The predicted octanol–water partition coefficient (Wildman–Crippen LogP) is 5.00. The van der Waals surface area contributed by atoms with E-state index in [4.69, 9.17) is 34.8 Å². The summed E-state index contributed by atoms with van der Waals surface area (Å²) in [4.78, 5) is 11.5. The van der Waals surface area contributed by atoms with E-state index in [2.05, 4.69) is 42.9 Å². The highest BCUT2D eigenvalue weighted by molar-refractivity contribution is 14.1. The van der Waals surface area contributed by atoms with E-state index in [1.54, 1.807) is 15.3 Å². The second-order valence-electron chi connectivity index (χ2n) is 4.91. The maximum absolute atomic E-state index is 5.91. The number of nitrogens with zero attached hydrogens (tertiary/aromatic N) is 4. The second kappa shape index (κ2) is 5.47. The van der Waals surface area contributed by atoms with Crippen molar-refractivity contribution in [2.45, 2.75) is 3.79 Å². The van der Waals surface area contributed by atoms with Gasteiger partial charge in [-0.2, -0.15) is 5.10 Å². The first-order valence-electron chi connectivity index (χ1n) is 6.50. The third-order valence-electron chi connectivity index (χ3n) is 3.46. The van der Waals surface area contributed by atoms with Crippen LogP contribution in [-0.2, 0) is 3.79 Å². The molecule has 0 bridgehead atoms. The molecule has 0 amide bonds. The molecule has 0 radical (unpaired) electrons. The number of aromatic nitrogens is 5. The SMILES string of the molecule is ClC(Cl)(Cl)c1nc2cc3c(-c4ccncc4)nn(I)c3cc2[nH]1. The average molecular weight is 479 g/mol. The smallest absolute Gasteiger partial charge is 0.248 e. The van der Waals surface area contributed by atoms with Gasteiger partial charge in [-0.15, -0.1) is 0 Å². The van der Waals surface area contributed by atoms with Crippen molar-refractivity contribution < 1.29 is 0 Å². The van der Waals surface area contributed by atoms with Crippen LogP contribution in [0, 0.1) is 0 Å². The summed E-state index contributed by atoms with van der Waals surface area (Å²) in [5.41, 5.74) is 4.30. The number of imidazole rings is 1. The van der Waals surface area contributed by atoms with Crippen LogP contribution in [0.25, 0.3) is 33.2 Å². The third-order valence-corrected chi connectivity index (χ3v) is 4.74. The number of alkyl halides is 3. The number of hydrogen-bond acceptors (Lipinski definition) is 3. The van der Waals surface area contributed by atoms with E-state index >= 15 is 0 Å². The highest BCUT2D eigenvalue weighted by Gasteiger charge is 2.27. The fourth-order valence-electron chi connectivity index (χ4n) is 2.44. The molecule has 4 aromatic rings. The van der Waals surface area contributed by atoms with Gasteiger partial charge in [0.05, 0.1) is 39.4 Å². The largest absolute Gasteiger partial charge is 0.338 e. The van der Waals surface area contributed by atoms with Gasteiger partial charge in [-0.1, -0.05) is 34.8 Å². The zero-order chi connectivity index (χ0) is 16.2. The number of nitrogens with one attached hydrogen (secondary N) is 1. The molecular weight excluding hydrogens is 471 g/mol. The lowest BCUT2D eigenvalue weighted by Crippen LogP contribution is -2.01.